The highest BCUT2D eigenvalue weighted by Crippen LogP contribution is 2.35. The number of carboxylic acids is 1. The predicted octanol–water partition coefficient (Wildman–Crippen LogP) is 7.75. The van der Waals surface area contributed by atoms with Crippen LogP contribution in [-0.4, -0.2) is 11.1 Å². The molecule has 1 aliphatic rings. The van der Waals surface area contributed by atoms with E-state index in [2.05, 4.69) is 6.92 Å². The maximum absolute atomic E-state index is 10.6. The summed E-state index contributed by atoms with van der Waals surface area (Å²) in [5, 5.41) is 8.76. The first kappa shape index (κ1) is 22.5. The number of rotatable bonds is 16. The number of carboxylic acid groups (broad SMARTS) is 1. The molecule has 2 nitrogen and oxygen atoms in total. The lowest BCUT2D eigenvalue weighted by Crippen LogP contribution is -2.18. The molecule has 1 aliphatic carbocycles. The van der Waals surface area contributed by atoms with E-state index >= 15 is 0 Å². The third-order valence-corrected chi connectivity index (χ3v) is 6.21. The lowest BCUT2D eigenvalue weighted by Gasteiger charge is -2.30. The standard InChI is InChI=1S/C23H44O2/c1-2-3-4-5-6-7-8-11-16-21(22-17-12-9-13-18-22)19-14-10-15-20-23(24)25/h21-22H,2-20H2,1H3,(H,24,25). The highest BCUT2D eigenvalue weighted by Gasteiger charge is 2.22. The van der Waals surface area contributed by atoms with Crippen molar-refractivity contribution in [3.63, 3.8) is 0 Å². The van der Waals surface area contributed by atoms with Crippen molar-refractivity contribution in [2.24, 2.45) is 11.8 Å². The summed E-state index contributed by atoms with van der Waals surface area (Å²) in [5.41, 5.74) is 0. The fraction of sp³-hybridized carbons (Fsp3) is 0.957. The number of hydrogen-bond acceptors (Lipinski definition) is 1. The van der Waals surface area contributed by atoms with Crippen molar-refractivity contribution in [2.75, 3.05) is 0 Å². The molecule has 1 fully saturated rings. The monoisotopic (exact) mass is 352 g/mol. The van der Waals surface area contributed by atoms with Gasteiger partial charge in [0.2, 0.25) is 0 Å². The van der Waals surface area contributed by atoms with Crippen molar-refractivity contribution < 1.29 is 9.90 Å². The van der Waals surface area contributed by atoms with Crippen LogP contribution in [0.4, 0.5) is 0 Å². The molecule has 0 aromatic heterocycles. The predicted molar refractivity (Wildman–Crippen MR) is 108 cm³/mol. The summed E-state index contributed by atoms with van der Waals surface area (Å²) in [6, 6.07) is 0. The van der Waals surface area contributed by atoms with Gasteiger partial charge in [-0.3, -0.25) is 4.79 Å². The molecular weight excluding hydrogens is 308 g/mol. The molecule has 0 bridgehead atoms. The van der Waals surface area contributed by atoms with Gasteiger partial charge in [-0.1, -0.05) is 116 Å². The van der Waals surface area contributed by atoms with Gasteiger partial charge < -0.3 is 5.11 Å². The Hall–Kier alpha value is -0.530. The van der Waals surface area contributed by atoms with Crippen LogP contribution in [0.2, 0.25) is 0 Å². The zero-order valence-electron chi connectivity index (χ0n) is 16.9. The van der Waals surface area contributed by atoms with E-state index in [0.717, 1.165) is 24.7 Å². The van der Waals surface area contributed by atoms with Gasteiger partial charge >= 0.3 is 5.97 Å². The quantitative estimate of drug-likeness (QED) is 0.288. The van der Waals surface area contributed by atoms with Crippen molar-refractivity contribution in [3.8, 4) is 0 Å². The molecule has 1 saturated carbocycles. The van der Waals surface area contributed by atoms with E-state index in [1.54, 1.807) is 0 Å². The Morgan fingerprint density at radius 1 is 0.800 bits per heavy atom. The summed E-state index contributed by atoms with van der Waals surface area (Å²) in [4.78, 5) is 10.6. The number of hydrogen-bond donors (Lipinski definition) is 1. The molecule has 0 aromatic rings. The second kappa shape index (κ2) is 15.7. The minimum absolute atomic E-state index is 0.353. The molecule has 0 radical (unpaired) electrons. The van der Waals surface area contributed by atoms with Gasteiger partial charge in [0.1, 0.15) is 0 Å². The number of aliphatic carboxylic acids is 1. The maximum atomic E-state index is 10.6. The minimum atomic E-state index is -0.636. The Labute approximate surface area is 157 Å². The first-order valence-corrected chi connectivity index (χ1v) is 11.5. The molecule has 1 atom stereocenters. The van der Waals surface area contributed by atoms with Crippen LogP contribution < -0.4 is 0 Å². The average Bonchev–Trinajstić information content (AvgIpc) is 2.62. The largest absolute Gasteiger partial charge is 0.481 e. The Bertz CT molecular complexity index is 307. The molecule has 0 saturated heterocycles. The Morgan fingerprint density at radius 2 is 1.32 bits per heavy atom. The zero-order valence-corrected chi connectivity index (χ0v) is 16.9. The topological polar surface area (TPSA) is 37.3 Å². The van der Waals surface area contributed by atoms with Crippen LogP contribution in [0.5, 0.6) is 0 Å². The van der Waals surface area contributed by atoms with Gasteiger partial charge in [-0.25, -0.2) is 0 Å². The van der Waals surface area contributed by atoms with Gasteiger partial charge in [0.25, 0.3) is 0 Å². The van der Waals surface area contributed by atoms with E-state index in [-0.39, 0.29) is 0 Å². The van der Waals surface area contributed by atoms with Crippen LogP contribution in [-0.2, 0) is 4.79 Å². The van der Waals surface area contributed by atoms with E-state index in [1.807, 2.05) is 0 Å². The smallest absolute Gasteiger partial charge is 0.303 e. The summed E-state index contributed by atoms with van der Waals surface area (Å²) in [6.07, 6.45) is 24.9. The normalized spacial score (nSPS) is 16.8. The fourth-order valence-electron chi connectivity index (χ4n) is 4.62. The van der Waals surface area contributed by atoms with Crippen molar-refractivity contribution >= 4 is 5.97 Å². The van der Waals surface area contributed by atoms with E-state index in [0.29, 0.717) is 6.42 Å². The highest BCUT2D eigenvalue weighted by molar-refractivity contribution is 5.66. The van der Waals surface area contributed by atoms with Crippen molar-refractivity contribution in [2.45, 2.75) is 129 Å². The van der Waals surface area contributed by atoms with Gasteiger partial charge in [-0.05, 0) is 18.3 Å². The van der Waals surface area contributed by atoms with E-state index in [4.69, 9.17) is 5.11 Å². The summed E-state index contributed by atoms with van der Waals surface area (Å²) >= 11 is 0. The Kier molecular flexibility index (Phi) is 14.1. The molecule has 148 valence electrons. The molecule has 0 aliphatic heterocycles. The molecule has 25 heavy (non-hydrogen) atoms. The number of carbonyl (C=O) groups is 1. The van der Waals surface area contributed by atoms with Crippen molar-refractivity contribution in [3.05, 3.63) is 0 Å². The highest BCUT2D eigenvalue weighted by atomic mass is 16.4. The van der Waals surface area contributed by atoms with Crippen LogP contribution in [0.15, 0.2) is 0 Å². The fourth-order valence-corrected chi connectivity index (χ4v) is 4.62. The van der Waals surface area contributed by atoms with Gasteiger partial charge in [-0.2, -0.15) is 0 Å². The average molecular weight is 353 g/mol. The minimum Gasteiger partial charge on any atom is -0.481 e. The van der Waals surface area contributed by atoms with Gasteiger partial charge in [-0.15, -0.1) is 0 Å². The Balaban J connectivity index is 2.15. The molecule has 2 heteroatoms. The first-order valence-electron chi connectivity index (χ1n) is 11.5. The second-order valence-electron chi connectivity index (χ2n) is 8.41. The molecule has 0 heterocycles. The number of unbranched alkanes of at least 4 members (excludes halogenated alkanes) is 9. The van der Waals surface area contributed by atoms with Crippen molar-refractivity contribution in [1.82, 2.24) is 0 Å². The SMILES string of the molecule is CCCCCCCCCCC(CCCCCC(=O)O)C1CCCCC1. The first-order chi connectivity index (χ1) is 12.2. The Morgan fingerprint density at radius 3 is 1.88 bits per heavy atom. The maximum Gasteiger partial charge on any atom is 0.303 e. The van der Waals surface area contributed by atoms with Crippen molar-refractivity contribution in [1.29, 1.82) is 0 Å². The zero-order chi connectivity index (χ0) is 18.2. The molecule has 0 aromatic carbocycles. The molecule has 1 rings (SSSR count). The summed E-state index contributed by atoms with van der Waals surface area (Å²) in [5.74, 6) is 1.26. The third kappa shape index (κ3) is 12.5. The molecular formula is C23H44O2. The molecule has 1 unspecified atom stereocenters. The summed E-state index contributed by atoms with van der Waals surface area (Å²) in [7, 11) is 0. The van der Waals surface area contributed by atoms with Crippen LogP contribution >= 0.6 is 0 Å². The molecule has 0 amide bonds. The van der Waals surface area contributed by atoms with E-state index < -0.39 is 5.97 Å². The van der Waals surface area contributed by atoms with Crippen LogP contribution in [0.3, 0.4) is 0 Å². The molecule has 0 spiro atoms. The summed E-state index contributed by atoms with van der Waals surface area (Å²) in [6.45, 7) is 2.28. The van der Waals surface area contributed by atoms with Crippen LogP contribution in [0.1, 0.15) is 129 Å². The van der Waals surface area contributed by atoms with Gasteiger partial charge in [0, 0.05) is 6.42 Å². The summed E-state index contributed by atoms with van der Waals surface area (Å²) < 4.78 is 0. The van der Waals surface area contributed by atoms with E-state index in [1.165, 1.54) is 103 Å². The molecule has 1 N–H and O–H groups in total. The second-order valence-corrected chi connectivity index (χ2v) is 8.41. The van der Waals surface area contributed by atoms with Crippen LogP contribution in [0.25, 0.3) is 0 Å². The van der Waals surface area contributed by atoms with Gasteiger partial charge in [0.15, 0.2) is 0 Å². The van der Waals surface area contributed by atoms with Gasteiger partial charge in [0.05, 0.1) is 0 Å². The lowest BCUT2D eigenvalue weighted by molar-refractivity contribution is -0.137. The van der Waals surface area contributed by atoms with Crippen LogP contribution in [0, 0.1) is 11.8 Å². The lowest BCUT2D eigenvalue weighted by atomic mass is 9.75. The third-order valence-electron chi connectivity index (χ3n) is 6.21. The van der Waals surface area contributed by atoms with E-state index in [9.17, 15) is 4.79 Å².